The number of nitrogens with zero attached hydrogens (tertiary/aromatic N) is 3. The average molecular weight is 398 g/mol. The van der Waals surface area contributed by atoms with Crippen molar-refractivity contribution in [1.82, 2.24) is 15.2 Å². The summed E-state index contributed by atoms with van der Waals surface area (Å²) in [6.45, 7) is 0. The van der Waals surface area contributed by atoms with Crippen molar-refractivity contribution in [1.29, 1.82) is 0 Å². The van der Waals surface area contributed by atoms with Crippen molar-refractivity contribution in [3.63, 3.8) is 0 Å². The van der Waals surface area contributed by atoms with E-state index in [1.165, 1.54) is 0 Å². The Bertz CT molecular complexity index is 1140. The van der Waals surface area contributed by atoms with Crippen molar-refractivity contribution >= 4 is 23.1 Å². The monoisotopic (exact) mass is 398 g/mol. The van der Waals surface area contributed by atoms with Gasteiger partial charge >= 0.3 is 6.03 Å². The summed E-state index contributed by atoms with van der Waals surface area (Å²) >= 11 is 0. The maximum absolute atomic E-state index is 12.4. The highest BCUT2D eigenvalue weighted by molar-refractivity contribution is 6.00. The predicted molar refractivity (Wildman–Crippen MR) is 121 cm³/mol. The molecule has 3 N–H and O–H groups in total. The van der Waals surface area contributed by atoms with Crippen LogP contribution in [0.15, 0.2) is 79.3 Å². The lowest BCUT2D eigenvalue weighted by Gasteiger charge is -2.13. The Morgan fingerprint density at radius 1 is 0.900 bits per heavy atom. The fraction of sp³-hybridized carbons (Fsp3) is 0.0870. The van der Waals surface area contributed by atoms with E-state index >= 15 is 0 Å². The molecule has 7 heteroatoms. The fourth-order valence-corrected chi connectivity index (χ4v) is 3.14. The van der Waals surface area contributed by atoms with Gasteiger partial charge in [0.15, 0.2) is 0 Å². The molecule has 0 saturated heterocycles. The van der Waals surface area contributed by atoms with Crippen LogP contribution in [0.1, 0.15) is 0 Å². The van der Waals surface area contributed by atoms with Gasteiger partial charge in [0.05, 0.1) is 5.69 Å². The van der Waals surface area contributed by atoms with Gasteiger partial charge in [0.1, 0.15) is 0 Å². The van der Waals surface area contributed by atoms with Gasteiger partial charge in [-0.15, -0.1) is 0 Å². The van der Waals surface area contributed by atoms with Gasteiger partial charge in [-0.1, -0.05) is 12.1 Å². The largest absolute Gasteiger partial charge is 0.378 e. The van der Waals surface area contributed by atoms with Crippen molar-refractivity contribution in [2.75, 3.05) is 29.6 Å². The van der Waals surface area contributed by atoms with Crippen LogP contribution in [0.2, 0.25) is 0 Å². The SMILES string of the molecule is CN(C)c1ccc(NC(=O)Nc2cccc(-c3n[nH]cc3-c3ccncc3)c2)cc1. The van der Waals surface area contributed by atoms with Crippen LogP contribution in [0, 0.1) is 0 Å². The number of urea groups is 1. The highest BCUT2D eigenvalue weighted by atomic mass is 16.2. The molecule has 4 aromatic rings. The lowest BCUT2D eigenvalue weighted by Crippen LogP contribution is -2.19. The molecule has 0 radical (unpaired) electrons. The van der Waals surface area contributed by atoms with E-state index in [0.29, 0.717) is 5.69 Å². The quantitative estimate of drug-likeness (QED) is 0.449. The standard InChI is InChI=1S/C23H22N6O/c1-29(2)20-8-6-18(7-9-20)26-23(30)27-19-5-3-4-17(14-19)22-21(15-25-28-22)16-10-12-24-13-11-16/h3-15H,1-2H3,(H,25,28)(H2,26,27,30). The number of hydrogen-bond donors (Lipinski definition) is 3. The predicted octanol–water partition coefficient (Wildman–Crippen LogP) is 4.85. The van der Waals surface area contributed by atoms with Crippen LogP contribution in [0.5, 0.6) is 0 Å². The molecule has 2 heterocycles. The molecular formula is C23H22N6O. The summed E-state index contributed by atoms with van der Waals surface area (Å²) in [7, 11) is 3.95. The Kier molecular flexibility index (Phi) is 5.43. The Balaban J connectivity index is 1.49. The molecular weight excluding hydrogens is 376 g/mol. The van der Waals surface area contributed by atoms with Crippen LogP contribution >= 0.6 is 0 Å². The molecule has 0 aliphatic rings. The third kappa shape index (κ3) is 4.30. The first-order valence-electron chi connectivity index (χ1n) is 9.50. The molecule has 0 unspecified atom stereocenters. The number of H-pyrrole nitrogens is 1. The van der Waals surface area contributed by atoms with Crippen molar-refractivity contribution in [3.8, 4) is 22.4 Å². The molecule has 0 aliphatic heterocycles. The molecule has 30 heavy (non-hydrogen) atoms. The number of nitrogens with one attached hydrogen (secondary N) is 3. The minimum absolute atomic E-state index is 0.305. The Morgan fingerprint density at radius 2 is 1.63 bits per heavy atom. The summed E-state index contributed by atoms with van der Waals surface area (Å²) in [6, 6.07) is 18.8. The lowest BCUT2D eigenvalue weighted by atomic mass is 10.0. The second-order valence-corrected chi connectivity index (χ2v) is 6.98. The number of carbonyl (C=O) groups is 1. The fourth-order valence-electron chi connectivity index (χ4n) is 3.14. The smallest absolute Gasteiger partial charge is 0.323 e. The number of hydrogen-bond acceptors (Lipinski definition) is 4. The second kappa shape index (κ2) is 8.48. The van der Waals surface area contributed by atoms with Crippen LogP contribution in [0.4, 0.5) is 21.9 Å². The number of aromatic amines is 1. The first kappa shape index (κ1) is 19.2. The molecule has 0 atom stereocenters. The van der Waals surface area contributed by atoms with E-state index in [-0.39, 0.29) is 6.03 Å². The Labute approximate surface area is 174 Å². The molecule has 0 aliphatic carbocycles. The van der Waals surface area contributed by atoms with Crippen LogP contribution in [0.25, 0.3) is 22.4 Å². The van der Waals surface area contributed by atoms with E-state index in [9.17, 15) is 4.79 Å². The van der Waals surface area contributed by atoms with Gasteiger partial charge in [-0.3, -0.25) is 10.1 Å². The van der Waals surface area contributed by atoms with E-state index in [4.69, 9.17) is 0 Å². The van der Waals surface area contributed by atoms with E-state index in [1.54, 1.807) is 12.4 Å². The van der Waals surface area contributed by atoms with E-state index in [2.05, 4.69) is 25.8 Å². The molecule has 2 aromatic heterocycles. The highest BCUT2D eigenvalue weighted by Gasteiger charge is 2.12. The zero-order chi connectivity index (χ0) is 20.9. The number of aromatic nitrogens is 3. The van der Waals surface area contributed by atoms with Gasteiger partial charge in [-0.05, 0) is 54.1 Å². The molecule has 7 nitrogen and oxygen atoms in total. The summed E-state index contributed by atoms with van der Waals surface area (Å²) in [4.78, 5) is 18.5. The summed E-state index contributed by atoms with van der Waals surface area (Å²) in [5, 5.41) is 13.1. The number of anilines is 3. The topological polar surface area (TPSA) is 85.9 Å². The Hall–Kier alpha value is -4.13. The van der Waals surface area contributed by atoms with Crippen LogP contribution < -0.4 is 15.5 Å². The van der Waals surface area contributed by atoms with Gasteiger partial charge in [-0.2, -0.15) is 5.10 Å². The van der Waals surface area contributed by atoms with Crippen LogP contribution in [-0.2, 0) is 0 Å². The number of amides is 2. The van der Waals surface area contributed by atoms with Crippen LogP contribution in [0.3, 0.4) is 0 Å². The van der Waals surface area contributed by atoms with Gasteiger partial charge in [0.2, 0.25) is 0 Å². The molecule has 0 spiro atoms. The zero-order valence-electron chi connectivity index (χ0n) is 16.8. The summed E-state index contributed by atoms with van der Waals surface area (Å²) in [6.07, 6.45) is 5.36. The van der Waals surface area contributed by atoms with Crippen molar-refractivity contribution in [3.05, 3.63) is 79.3 Å². The van der Waals surface area contributed by atoms with Crippen molar-refractivity contribution in [2.45, 2.75) is 0 Å². The van der Waals surface area contributed by atoms with Gasteiger partial charge in [0, 0.05) is 60.9 Å². The Morgan fingerprint density at radius 3 is 2.37 bits per heavy atom. The molecule has 0 saturated carbocycles. The normalized spacial score (nSPS) is 10.5. The molecule has 4 rings (SSSR count). The first-order chi connectivity index (χ1) is 14.6. The number of rotatable bonds is 5. The van der Waals surface area contributed by atoms with Gasteiger partial charge in [0.25, 0.3) is 0 Å². The lowest BCUT2D eigenvalue weighted by molar-refractivity contribution is 0.262. The van der Waals surface area contributed by atoms with Crippen molar-refractivity contribution in [2.24, 2.45) is 0 Å². The zero-order valence-corrected chi connectivity index (χ0v) is 16.8. The summed E-state index contributed by atoms with van der Waals surface area (Å²) in [5.74, 6) is 0. The molecule has 2 aromatic carbocycles. The molecule has 0 fully saturated rings. The summed E-state index contributed by atoms with van der Waals surface area (Å²) in [5.41, 5.74) is 6.17. The highest BCUT2D eigenvalue weighted by Crippen LogP contribution is 2.31. The van der Waals surface area contributed by atoms with Gasteiger partial charge < -0.3 is 15.5 Å². The van der Waals surface area contributed by atoms with Crippen LogP contribution in [-0.4, -0.2) is 35.3 Å². The van der Waals surface area contributed by atoms with E-state index < -0.39 is 0 Å². The number of carbonyl (C=O) groups excluding carboxylic acids is 1. The number of pyridine rings is 1. The first-order valence-corrected chi connectivity index (χ1v) is 9.50. The average Bonchev–Trinajstić information content (AvgIpc) is 3.25. The second-order valence-electron chi connectivity index (χ2n) is 6.98. The minimum atomic E-state index is -0.305. The molecule has 0 bridgehead atoms. The van der Waals surface area contributed by atoms with Crippen molar-refractivity contribution < 1.29 is 4.79 Å². The van der Waals surface area contributed by atoms with E-state index in [1.807, 2.05) is 85.9 Å². The molecule has 150 valence electrons. The summed E-state index contributed by atoms with van der Waals surface area (Å²) < 4.78 is 0. The molecule has 2 amide bonds. The number of benzene rings is 2. The third-order valence-corrected chi connectivity index (χ3v) is 4.67. The van der Waals surface area contributed by atoms with Gasteiger partial charge in [-0.25, -0.2) is 4.79 Å². The maximum Gasteiger partial charge on any atom is 0.323 e. The maximum atomic E-state index is 12.4. The van der Waals surface area contributed by atoms with E-state index in [0.717, 1.165) is 33.8 Å². The minimum Gasteiger partial charge on any atom is -0.378 e. The third-order valence-electron chi connectivity index (χ3n) is 4.67.